The summed E-state index contributed by atoms with van der Waals surface area (Å²) < 4.78 is 35.1. The van der Waals surface area contributed by atoms with Gasteiger partial charge in [0.15, 0.2) is 9.84 Å². The van der Waals surface area contributed by atoms with Gasteiger partial charge in [-0.3, -0.25) is 0 Å². The zero-order valence-corrected chi connectivity index (χ0v) is 25.2. The molecule has 0 aromatic carbocycles. The van der Waals surface area contributed by atoms with E-state index < -0.39 is 26.2 Å². The van der Waals surface area contributed by atoms with E-state index in [1.165, 1.54) is 6.26 Å². The molecular formula is C29H39N5O5S. The van der Waals surface area contributed by atoms with E-state index in [1.54, 1.807) is 38.4 Å². The first-order chi connectivity index (χ1) is 18.5. The molecule has 3 aromatic rings. The number of aromatic nitrogens is 3. The zero-order chi connectivity index (χ0) is 29.6. The molecule has 1 aliphatic heterocycles. The maximum atomic E-state index is 12.3. The number of nitrogens with one attached hydrogen (secondary N) is 1. The van der Waals surface area contributed by atoms with Gasteiger partial charge in [-0.05, 0) is 70.2 Å². The van der Waals surface area contributed by atoms with Crippen molar-refractivity contribution in [1.29, 1.82) is 0 Å². The summed E-state index contributed by atoms with van der Waals surface area (Å²) in [6.45, 7) is 13.0. The van der Waals surface area contributed by atoms with Gasteiger partial charge in [0.2, 0.25) is 5.88 Å². The molecule has 4 heterocycles. The summed E-state index contributed by atoms with van der Waals surface area (Å²) in [7, 11) is -3.28. The van der Waals surface area contributed by atoms with Crippen LogP contribution in [0.3, 0.4) is 0 Å². The van der Waals surface area contributed by atoms with Crippen LogP contribution in [0.2, 0.25) is 0 Å². The fourth-order valence-electron chi connectivity index (χ4n) is 4.75. The molecule has 0 saturated carbocycles. The molecule has 10 nitrogen and oxygen atoms in total. The first kappa shape index (κ1) is 29.7. The molecule has 40 heavy (non-hydrogen) atoms. The summed E-state index contributed by atoms with van der Waals surface area (Å²) in [6.07, 6.45) is 4.90. The van der Waals surface area contributed by atoms with Crippen molar-refractivity contribution in [3.63, 3.8) is 0 Å². The summed E-state index contributed by atoms with van der Waals surface area (Å²) in [5.41, 5.74) is 7.97. The van der Waals surface area contributed by atoms with Crippen LogP contribution in [0.4, 0.5) is 11.6 Å². The van der Waals surface area contributed by atoms with Crippen LogP contribution in [0.25, 0.3) is 10.8 Å². The molecule has 4 atom stereocenters. The molecule has 3 N–H and O–H groups in total. The highest BCUT2D eigenvalue weighted by atomic mass is 32.2. The molecule has 0 saturated heterocycles. The topological polar surface area (TPSA) is 146 Å². The Hall–Kier alpha value is -3.31. The number of esters is 1. The lowest BCUT2D eigenvalue weighted by Gasteiger charge is -2.28. The van der Waals surface area contributed by atoms with Crippen molar-refractivity contribution < 1.29 is 22.7 Å². The quantitative estimate of drug-likeness (QED) is 0.338. The van der Waals surface area contributed by atoms with Gasteiger partial charge in [-0.15, -0.1) is 0 Å². The van der Waals surface area contributed by atoms with Crippen LogP contribution in [0.15, 0.2) is 30.6 Å². The maximum absolute atomic E-state index is 12.3. The molecule has 11 heteroatoms. The third-order valence-electron chi connectivity index (χ3n) is 8.01. The summed E-state index contributed by atoms with van der Waals surface area (Å²) >= 11 is 0. The molecule has 1 unspecified atom stereocenters. The van der Waals surface area contributed by atoms with Crippen LogP contribution in [0, 0.1) is 0 Å². The molecule has 0 amide bonds. The molecule has 1 aliphatic rings. The van der Waals surface area contributed by atoms with Crippen molar-refractivity contribution in [2.75, 3.05) is 11.6 Å². The zero-order valence-electron chi connectivity index (χ0n) is 24.4. The standard InChI is InChI=1S/C29H39N5O5S/c1-9-29(7,30)22-15-32-26(38-16(2)13-28(5,6)40(8,36)37)21-14-31-24(12-20(21)22)33-23-11-10-19-25(34-23)17(3)18(4)39-27(19)35/h10-12,14-18H,9,13,30H2,1-8H3,(H,31,33,34)/t16-,17-,18-,29?/m0/s1. The summed E-state index contributed by atoms with van der Waals surface area (Å²) in [6, 6.07) is 5.32. The number of anilines is 2. The first-order valence-corrected chi connectivity index (χ1v) is 15.4. The number of cyclic esters (lactones) is 1. The fourth-order valence-corrected chi connectivity index (χ4v) is 5.28. The number of sulfone groups is 1. The van der Waals surface area contributed by atoms with Gasteiger partial charge in [0.1, 0.15) is 17.7 Å². The fraction of sp³-hybridized carbons (Fsp3) is 0.517. The maximum Gasteiger partial charge on any atom is 0.340 e. The van der Waals surface area contributed by atoms with Crippen molar-refractivity contribution in [2.24, 2.45) is 5.73 Å². The van der Waals surface area contributed by atoms with E-state index in [2.05, 4.69) is 15.3 Å². The van der Waals surface area contributed by atoms with E-state index in [0.29, 0.717) is 47.0 Å². The molecule has 0 fully saturated rings. The Bertz CT molecular complexity index is 1550. The highest BCUT2D eigenvalue weighted by molar-refractivity contribution is 7.92. The summed E-state index contributed by atoms with van der Waals surface area (Å²) in [5, 5.41) is 4.74. The minimum atomic E-state index is -3.28. The lowest BCUT2D eigenvalue weighted by atomic mass is 9.88. The average Bonchev–Trinajstić information content (AvgIpc) is 2.86. The normalized spacial score (nSPS) is 19.9. The number of hydrogen-bond acceptors (Lipinski definition) is 10. The minimum Gasteiger partial charge on any atom is -0.474 e. The van der Waals surface area contributed by atoms with Crippen LogP contribution < -0.4 is 15.8 Å². The molecule has 3 aromatic heterocycles. The third-order valence-corrected chi connectivity index (χ3v) is 10.2. The number of fused-ring (bicyclic) bond motifs is 2. The highest BCUT2D eigenvalue weighted by Crippen LogP contribution is 2.36. The van der Waals surface area contributed by atoms with E-state index in [9.17, 15) is 13.2 Å². The van der Waals surface area contributed by atoms with Gasteiger partial charge in [0.25, 0.3) is 0 Å². The number of hydrogen-bond donors (Lipinski definition) is 2. The number of nitrogens with two attached hydrogens (primary N) is 1. The smallest absolute Gasteiger partial charge is 0.340 e. The van der Waals surface area contributed by atoms with Crippen molar-refractivity contribution >= 4 is 38.2 Å². The van der Waals surface area contributed by atoms with Crippen molar-refractivity contribution in [1.82, 2.24) is 15.0 Å². The Labute approximate surface area is 236 Å². The van der Waals surface area contributed by atoms with Gasteiger partial charge in [-0.25, -0.2) is 28.2 Å². The second-order valence-corrected chi connectivity index (χ2v) is 14.3. The molecular weight excluding hydrogens is 530 g/mol. The van der Waals surface area contributed by atoms with Gasteiger partial charge in [-0.1, -0.05) is 13.8 Å². The molecule has 0 spiro atoms. The minimum absolute atomic E-state index is 0.0476. The largest absolute Gasteiger partial charge is 0.474 e. The number of pyridine rings is 3. The van der Waals surface area contributed by atoms with E-state index in [-0.39, 0.29) is 18.0 Å². The van der Waals surface area contributed by atoms with E-state index >= 15 is 0 Å². The lowest BCUT2D eigenvalue weighted by molar-refractivity contribution is 0.0235. The molecule has 0 aliphatic carbocycles. The monoisotopic (exact) mass is 569 g/mol. The number of carbonyl (C=O) groups is 1. The van der Waals surface area contributed by atoms with E-state index in [1.807, 2.05) is 40.7 Å². The van der Waals surface area contributed by atoms with Crippen molar-refractivity contribution in [2.45, 2.75) is 89.7 Å². The predicted molar refractivity (Wildman–Crippen MR) is 156 cm³/mol. The number of ether oxygens (including phenoxy) is 2. The molecule has 0 bridgehead atoms. The number of nitrogens with zero attached hydrogens (tertiary/aromatic N) is 3. The number of carbonyl (C=O) groups excluding carboxylic acids is 1. The van der Waals surface area contributed by atoms with E-state index in [4.69, 9.17) is 20.2 Å². The summed E-state index contributed by atoms with van der Waals surface area (Å²) in [4.78, 5) is 26.2. The Balaban J connectivity index is 1.71. The van der Waals surface area contributed by atoms with Gasteiger partial charge in [0, 0.05) is 36.5 Å². The Morgan fingerprint density at radius 1 is 1.12 bits per heavy atom. The molecule has 4 rings (SSSR count). The van der Waals surface area contributed by atoms with Gasteiger partial charge in [0.05, 0.1) is 27.5 Å². The second-order valence-electron chi connectivity index (χ2n) is 11.7. The van der Waals surface area contributed by atoms with Gasteiger partial charge in [-0.2, -0.15) is 0 Å². The number of rotatable bonds is 9. The van der Waals surface area contributed by atoms with E-state index in [0.717, 1.165) is 10.9 Å². The highest BCUT2D eigenvalue weighted by Gasteiger charge is 2.34. The third kappa shape index (κ3) is 5.76. The van der Waals surface area contributed by atoms with Crippen LogP contribution >= 0.6 is 0 Å². The van der Waals surface area contributed by atoms with Gasteiger partial charge >= 0.3 is 5.97 Å². The Morgan fingerprint density at radius 3 is 2.48 bits per heavy atom. The van der Waals surface area contributed by atoms with Crippen LogP contribution in [0.5, 0.6) is 5.88 Å². The first-order valence-electron chi connectivity index (χ1n) is 13.5. The van der Waals surface area contributed by atoms with Crippen LogP contribution in [-0.2, 0) is 20.1 Å². The Kier molecular flexibility index (Phi) is 7.85. The van der Waals surface area contributed by atoms with Crippen molar-refractivity contribution in [3.8, 4) is 5.88 Å². The Morgan fingerprint density at radius 2 is 1.82 bits per heavy atom. The summed E-state index contributed by atoms with van der Waals surface area (Å²) in [5.74, 6) is 1.03. The second kappa shape index (κ2) is 10.6. The average molecular weight is 570 g/mol. The predicted octanol–water partition coefficient (Wildman–Crippen LogP) is 5.00. The molecule has 216 valence electrons. The van der Waals surface area contributed by atoms with Gasteiger partial charge < -0.3 is 20.5 Å². The van der Waals surface area contributed by atoms with Crippen LogP contribution in [-0.4, -0.2) is 52.5 Å². The SMILES string of the molecule is CCC(C)(N)c1cnc(O[C@@H](C)CC(C)(C)S(C)(=O)=O)c2cnc(Nc3ccc4c(n3)[C@@H](C)[C@H](C)OC4=O)cc12. The molecule has 0 radical (unpaired) electrons. The van der Waals surface area contributed by atoms with Crippen molar-refractivity contribution in [3.05, 3.63) is 47.4 Å². The van der Waals surface area contributed by atoms with Crippen LogP contribution in [0.1, 0.15) is 88.8 Å². The lowest BCUT2D eigenvalue weighted by Crippen LogP contribution is -2.36.